The number of fused-ring (bicyclic) bond motifs is 1. The highest BCUT2D eigenvalue weighted by atomic mass is 16.6. The molecule has 2 aromatic heterocycles. The molecule has 1 N–H and O–H groups in total. The van der Waals surface area contributed by atoms with Gasteiger partial charge >= 0.3 is 6.09 Å². The van der Waals surface area contributed by atoms with Crippen LogP contribution in [-0.2, 0) is 4.74 Å². The number of carbonyl (C=O) groups excluding carboxylic acids is 1. The average molecular weight is 313 g/mol. The molecule has 0 bridgehead atoms. The molecule has 7 heteroatoms. The third-order valence-electron chi connectivity index (χ3n) is 3.32. The zero-order valence-electron chi connectivity index (χ0n) is 12.7. The van der Waals surface area contributed by atoms with Gasteiger partial charge in [-0.2, -0.15) is 4.68 Å². The number of carbonyl (C=O) groups is 1. The van der Waals surface area contributed by atoms with Crippen LogP contribution in [0.4, 0.5) is 4.79 Å². The Bertz CT molecular complexity index is 913. The summed E-state index contributed by atoms with van der Waals surface area (Å²) < 4.78 is 11.2. The van der Waals surface area contributed by atoms with Crippen molar-refractivity contribution in [3.63, 3.8) is 0 Å². The van der Waals surface area contributed by atoms with Crippen molar-refractivity contribution < 1.29 is 13.9 Å². The first-order valence-corrected chi connectivity index (χ1v) is 7.11. The van der Waals surface area contributed by atoms with Gasteiger partial charge in [-0.25, -0.2) is 15.2 Å². The van der Waals surface area contributed by atoms with Crippen molar-refractivity contribution in [3.8, 4) is 11.3 Å². The van der Waals surface area contributed by atoms with Crippen LogP contribution in [0.3, 0.4) is 0 Å². The molecule has 0 atom stereocenters. The van der Waals surface area contributed by atoms with Gasteiger partial charge in [0.05, 0.1) is 23.8 Å². The maximum atomic E-state index is 12.6. The van der Waals surface area contributed by atoms with E-state index in [1.165, 1.54) is 0 Å². The van der Waals surface area contributed by atoms with E-state index in [1.807, 2.05) is 6.07 Å². The number of ether oxygens (including phenoxy) is 1. The summed E-state index contributed by atoms with van der Waals surface area (Å²) in [6, 6.07) is 8.84. The Morgan fingerprint density at radius 3 is 2.91 bits per heavy atom. The van der Waals surface area contributed by atoms with Gasteiger partial charge in [0.25, 0.3) is 5.56 Å². The van der Waals surface area contributed by atoms with Crippen LogP contribution in [0.25, 0.3) is 22.2 Å². The molecule has 1 amide bonds. The second-order valence-corrected chi connectivity index (χ2v) is 4.84. The first-order chi connectivity index (χ1) is 11.1. The second-order valence-electron chi connectivity index (χ2n) is 4.84. The normalized spacial score (nSPS) is 10.7. The van der Waals surface area contributed by atoms with E-state index in [0.717, 1.165) is 10.2 Å². The summed E-state index contributed by atoms with van der Waals surface area (Å²) in [5.41, 5.74) is 3.31. The van der Waals surface area contributed by atoms with E-state index in [-0.39, 0.29) is 12.2 Å². The molecule has 0 unspecified atom stereocenters. The number of aryl methyl sites for hydroxylation is 1. The highest BCUT2D eigenvalue weighted by molar-refractivity contribution is 5.83. The van der Waals surface area contributed by atoms with Crippen molar-refractivity contribution in [2.45, 2.75) is 13.8 Å². The Hall–Kier alpha value is -3.09. The Labute approximate surface area is 131 Å². The van der Waals surface area contributed by atoms with Gasteiger partial charge in [-0.15, -0.1) is 0 Å². The van der Waals surface area contributed by atoms with Crippen LogP contribution in [0.1, 0.15) is 12.7 Å². The van der Waals surface area contributed by atoms with Gasteiger partial charge in [0.15, 0.2) is 0 Å². The molecule has 0 aliphatic heterocycles. The van der Waals surface area contributed by atoms with Gasteiger partial charge in [0.2, 0.25) is 0 Å². The molecule has 2 heterocycles. The number of benzene rings is 1. The molecule has 23 heavy (non-hydrogen) atoms. The number of nitrogens with one attached hydrogen (secondary N) is 1. The number of amides is 1. The molecule has 7 nitrogen and oxygen atoms in total. The van der Waals surface area contributed by atoms with Crippen LogP contribution in [0, 0.1) is 6.92 Å². The maximum Gasteiger partial charge on any atom is 0.426 e. The van der Waals surface area contributed by atoms with Gasteiger partial charge in [0.1, 0.15) is 11.6 Å². The van der Waals surface area contributed by atoms with Crippen molar-refractivity contribution in [2.75, 3.05) is 12.0 Å². The summed E-state index contributed by atoms with van der Waals surface area (Å²) >= 11 is 0. The molecule has 0 saturated carbocycles. The van der Waals surface area contributed by atoms with E-state index in [9.17, 15) is 9.59 Å². The summed E-state index contributed by atoms with van der Waals surface area (Å²) in [7, 11) is 0. The Kier molecular flexibility index (Phi) is 3.84. The summed E-state index contributed by atoms with van der Waals surface area (Å²) in [6.45, 7) is 3.53. The van der Waals surface area contributed by atoms with E-state index in [1.54, 1.807) is 44.4 Å². The van der Waals surface area contributed by atoms with E-state index in [2.05, 4.69) is 10.4 Å². The number of rotatable bonds is 3. The summed E-state index contributed by atoms with van der Waals surface area (Å²) in [6.07, 6.45) is 0.856. The summed E-state index contributed by atoms with van der Waals surface area (Å²) in [4.78, 5) is 28.5. The van der Waals surface area contributed by atoms with Gasteiger partial charge in [-0.1, -0.05) is 0 Å². The summed E-state index contributed by atoms with van der Waals surface area (Å²) in [5, 5.41) is 0.376. The SMILES string of the molecule is CCOC(=O)Nn1c(C)nc2ccc(-c3ccco3)cc2c1=O. The molecule has 3 rings (SSSR count). The van der Waals surface area contributed by atoms with Crippen LogP contribution in [-0.4, -0.2) is 22.4 Å². The molecule has 3 aromatic rings. The van der Waals surface area contributed by atoms with Crippen molar-refractivity contribution in [3.05, 3.63) is 52.8 Å². The Morgan fingerprint density at radius 1 is 1.39 bits per heavy atom. The van der Waals surface area contributed by atoms with Crippen LogP contribution in [0.2, 0.25) is 0 Å². The highest BCUT2D eigenvalue weighted by Crippen LogP contribution is 2.22. The number of hydrogen-bond acceptors (Lipinski definition) is 5. The molecule has 0 aliphatic carbocycles. The van der Waals surface area contributed by atoms with Crippen molar-refractivity contribution in [2.24, 2.45) is 0 Å². The summed E-state index contributed by atoms with van der Waals surface area (Å²) in [5.74, 6) is 1.01. The van der Waals surface area contributed by atoms with Crippen LogP contribution >= 0.6 is 0 Å². The molecular weight excluding hydrogens is 298 g/mol. The fourth-order valence-corrected chi connectivity index (χ4v) is 2.28. The third-order valence-corrected chi connectivity index (χ3v) is 3.32. The number of nitrogens with zero attached hydrogens (tertiary/aromatic N) is 2. The zero-order chi connectivity index (χ0) is 16.4. The number of aromatic nitrogens is 2. The van der Waals surface area contributed by atoms with Crippen molar-refractivity contribution in [1.29, 1.82) is 0 Å². The van der Waals surface area contributed by atoms with Crippen molar-refractivity contribution in [1.82, 2.24) is 9.66 Å². The zero-order valence-corrected chi connectivity index (χ0v) is 12.7. The van der Waals surface area contributed by atoms with Gasteiger partial charge in [-0.05, 0) is 44.2 Å². The first kappa shape index (κ1) is 14.8. The molecular formula is C16H15N3O4. The molecule has 0 radical (unpaired) electrons. The Morgan fingerprint density at radius 2 is 2.22 bits per heavy atom. The minimum Gasteiger partial charge on any atom is -0.464 e. The fraction of sp³-hybridized carbons (Fsp3) is 0.188. The minimum atomic E-state index is -0.707. The highest BCUT2D eigenvalue weighted by Gasteiger charge is 2.12. The molecule has 1 aromatic carbocycles. The first-order valence-electron chi connectivity index (χ1n) is 7.11. The fourth-order valence-electron chi connectivity index (χ4n) is 2.28. The quantitative estimate of drug-likeness (QED) is 0.803. The average Bonchev–Trinajstić information content (AvgIpc) is 3.06. The standard InChI is InChI=1S/C16H15N3O4/c1-3-22-16(21)18-19-10(2)17-13-7-6-11(9-12(13)15(19)20)14-5-4-8-23-14/h4-9H,3H2,1-2H3,(H,18,21). The van der Waals surface area contributed by atoms with E-state index >= 15 is 0 Å². The largest absolute Gasteiger partial charge is 0.464 e. The lowest BCUT2D eigenvalue weighted by atomic mass is 10.1. The number of furan rings is 1. The lowest BCUT2D eigenvalue weighted by molar-refractivity contribution is 0.164. The van der Waals surface area contributed by atoms with Crippen LogP contribution in [0.5, 0.6) is 0 Å². The molecule has 0 spiro atoms. The topological polar surface area (TPSA) is 86.4 Å². The van der Waals surface area contributed by atoms with E-state index < -0.39 is 6.09 Å². The van der Waals surface area contributed by atoms with E-state index in [4.69, 9.17) is 9.15 Å². The second kappa shape index (κ2) is 5.96. The van der Waals surface area contributed by atoms with Gasteiger partial charge in [0, 0.05) is 5.56 Å². The van der Waals surface area contributed by atoms with Gasteiger partial charge in [-0.3, -0.25) is 4.79 Å². The molecule has 118 valence electrons. The van der Waals surface area contributed by atoms with E-state index in [0.29, 0.717) is 22.5 Å². The predicted octanol–water partition coefficient (Wildman–Crippen LogP) is 2.66. The lowest BCUT2D eigenvalue weighted by Crippen LogP contribution is -2.35. The minimum absolute atomic E-state index is 0.212. The number of hydrogen-bond donors (Lipinski definition) is 1. The molecule has 0 fully saturated rings. The van der Waals surface area contributed by atoms with Crippen molar-refractivity contribution >= 4 is 17.0 Å². The lowest BCUT2D eigenvalue weighted by Gasteiger charge is -2.12. The maximum absolute atomic E-state index is 12.6. The third kappa shape index (κ3) is 2.80. The molecule has 0 aliphatic rings. The van der Waals surface area contributed by atoms with Crippen LogP contribution < -0.4 is 11.0 Å². The predicted molar refractivity (Wildman–Crippen MR) is 84.8 cm³/mol. The van der Waals surface area contributed by atoms with Crippen LogP contribution in [0.15, 0.2) is 45.8 Å². The van der Waals surface area contributed by atoms with Gasteiger partial charge < -0.3 is 9.15 Å². The monoisotopic (exact) mass is 313 g/mol. The Balaban J connectivity index is 2.12. The molecule has 0 saturated heterocycles. The smallest absolute Gasteiger partial charge is 0.426 e.